The Hall–Kier alpha value is -2.80. The van der Waals surface area contributed by atoms with E-state index in [4.69, 9.17) is 0 Å². The van der Waals surface area contributed by atoms with Crippen molar-refractivity contribution in [1.29, 1.82) is 0 Å². The van der Waals surface area contributed by atoms with Gasteiger partial charge in [0.25, 0.3) is 5.91 Å². The van der Waals surface area contributed by atoms with Crippen molar-refractivity contribution in [3.63, 3.8) is 0 Å². The molecule has 3 heterocycles. The Morgan fingerprint density at radius 1 is 1.28 bits per heavy atom. The molecule has 1 aromatic carbocycles. The third-order valence-electron chi connectivity index (χ3n) is 5.94. The fraction of sp³-hybridized carbons (Fsp3) is 0.455. The monoisotopic (exact) mass is 392 g/mol. The van der Waals surface area contributed by atoms with Gasteiger partial charge in [0.1, 0.15) is 0 Å². The highest BCUT2D eigenvalue weighted by Crippen LogP contribution is 2.19. The minimum absolute atomic E-state index is 0.173. The van der Waals surface area contributed by atoms with Gasteiger partial charge in [0.2, 0.25) is 0 Å². The summed E-state index contributed by atoms with van der Waals surface area (Å²) in [5.74, 6) is 0.630. The zero-order chi connectivity index (χ0) is 20.4. The van der Waals surface area contributed by atoms with Gasteiger partial charge in [-0.1, -0.05) is 18.2 Å². The van der Waals surface area contributed by atoms with Gasteiger partial charge in [-0.3, -0.25) is 14.7 Å². The topological polar surface area (TPSA) is 75.9 Å². The van der Waals surface area contributed by atoms with Crippen molar-refractivity contribution in [2.75, 3.05) is 19.6 Å². The number of nitrogens with zero attached hydrogens (tertiary/aromatic N) is 5. The number of hydrogen-bond acceptors (Lipinski definition) is 5. The van der Waals surface area contributed by atoms with Crippen molar-refractivity contribution in [3.05, 3.63) is 47.9 Å². The molecule has 29 heavy (non-hydrogen) atoms. The van der Waals surface area contributed by atoms with Crippen LogP contribution in [0.3, 0.4) is 0 Å². The predicted molar refractivity (Wildman–Crippen MR) is 113 cm³/mol. The number of hydrogen-bond donors (Lipinski definition) is 1. The second-order valence-corrected chi connectivity index (χ2v) is 8.09. The van der Waals surface area contributed by atoms with Gasteiger partial charge < -0.3 is 5.32 Å². The largest absolute Gasteiger partial charge is 0.349 e. The number of carbonyl (C=O) groups excluding carboxylic acids is 1. The second kappa shape index (κ2) is 8.29. The maximum atomic E-state index is 12.7. The molecule has 152 valence electrons. The number of benzene rings is 1. The standard InChI is InChI=1S/C22H28N6O/c1-15-8-11-27(12-9-15)16(2)14-24-22(29)21-17(3)28(26-25-21)19-6-7-20-18(13-19)5-4-10-23-20/h4-7,10,13,15-16H,8-9,11-12,14H2,1-3H3,(H,24,29)/t16-/m0/s1. The maximum Gasteiger partial charge on any atom is 0.273 e. The lowest BCUT2D eigenvalue weighted by Gasteiger charge is -2.34. The molecule has 2 aromatic heterocycles. The van der Waals surface area contributed by atoms with E-state index in [0.717, 1.165) is 41.3 Å². The van der Waals surface area contributed by atoms with Crippen molar-refractivity contribution in [3.8, 4) is 5.69 Å². The number of carbonyl (C=O) groups is 1. The van der Waals surface area contributed by atoms with Crippen LogP contribution in [0, 0.1) is 12.8 Å². The van der Waals surface area contributed by atoms with Crippen LogP contribution in [0.1, 0.15) is 42.9 Å². The Morgan fingerprint density at radius 3 is 2.86 bits per heavy atom. The number of aromatic nitrogens is 4. The first-order valence-electron chi connectivity index (χ1n) is 10.3. The molecule has 1 fully saturated rings. The summed E-state index contributed by atoms with van der Waals surface area (Å²) in [6.45, 7) is 9.17. The summed E-state index contributed by atoms with van der Waals surface area (Å²) in [6, 6.07) is 10.1. The lowest BCUT2D eigenvalue weighted by Crippen LogP contribution is -2.45. The van der Waals surface area contributed by atoms with Gasteiger partial charge in [-0.05, 0) is 70.0 Å². The maximum absolute atomic E-state index is 12.7. The van der Waals surface area contributed by atoms with Crippen LogP contribution in [0.4, 0.5) is 0 Å². The normalized spacial score (nSPS) is 16.8. The zero-order valence-corrected chi connectivity index (χ0v) is 17.3. The second-order valence-electron chi connectivity index (χ2n) is 8.09. The molecular weight excluding hydrogens is 364 g/mol. The molecule has 0 unspecified atom stereocenters. The molecule has 1 atom stereocenters. The number of fused-ring (bicyclic) bond motifs is 1. The first kappa shape index (κ1) is 19.5. The van der Waals surface area contributed by atoms with Crippen LogP contribution < -0.4 is 5.32 Å². The Kier molecular flexibility index (Phi) is 5.58. The summed E-state index contributed by atoms with van der Waals surface area (Å²) in [4.78, 5) is 19.5. The van der Waals surface area contributed by atoms with Crippen LogP contribution in [0.15, 0.2) is 36.5 Å². The Bertz CT molecular complexity index is 1010. The minimum atomic E-state index is -0.173. The van der Waals surface area contributed by atoms with Gasteiger partial charge in [-0.25, -0.2) is 4.68 Å². The first-order chi connectivity index (χ1) is 14.0. The van der Waals surface area contributed by atoms with E-state index in [9.17, 15) is 4.79 Å². The molecule has 7 nitrogen and oxygen atoms in total. The van der Waals surface area contributed by atoms with Crippen LogP contribution in [0.2, 0.25) is 0 Å². The molecule has 0 spiro atoms. The van der Waals surface area contributed by atoms with Crippen molar-refractivity contribution in [2.45, 2.75) is 39.7 Å². The first-order valence-corrected chi connectivity index (χ1v) is 10.3. The van der Waals surface area contributed by atoms with Gasteiger partial charge in [0.15, 0.2) is 5.69 Å². The molecular formula is C22H28N6O. The number of pyridine rings is 1. The number of likely N-dealkylation sites (tertiary alicyclic amines) is 1. The number of amides is 1. The highest BCUT2D eigenvalue weighted by Gasteiger charge is 2.22. The van der Waals surface area contributed by atoms with Crippen molar-refractivity contribution < 1.29 is 4.79 Å². The summed E-state index contributed by atoms with van der Waals surface area (Å²) >= 11 is 0. The lowest BCUT2D eigenvalue weighted by atomic mass is 9.98. The average molecular weight is 393 g/mol. The molecule has 1 amide bonds. The quantitative estimate of drug-likeness (QED) is 0.722. The van der Waals surface area contributed by atoms with Gasteiger partial charge in [-0.15, -0.1) is 5.10 Å². The predicted octanol–water partition coefficient (Wildman–Crippen LogP) is 2.97. The summed E-state index contributed by atoms with van der Waals surface area (Å²) in [7, 11) is 0. The molecule has 0 radical (unpaired) electrons. The van der Waals surface area contributed by atoms with Crippen molar-refractivity contribution in [2.24, 2.45) is 5.92 Å². The van der Waals surface area contributed by atoms with E-state index in [1.165, 1.54) is 12.8 Å². The van der Waals surface area contributed by atoms with Gasteiger partial charge in [0.05, 0.1) is 16.9 Å². The number of rotatable bonds is 5. The van der Waals surface area contributed by atoms with Crippen LogP contribution >= 0.6 is 0 Å². The summed E-state index contributed by atoms with van der Waals surface area (Å²) in [6.07, 6.45) is 4.23. The van der Waals surface area contributed by atoms with Crippen LogP contribution in [0.25, 0.3) is 16.6 Å². The molecule has 1 aliphatic rings. The van der Waals surface area contributed by atoms with E-state index >= 15 is 0 Å². The van der Waals surface area contributed by atoms with E-state index in [2.05, 4.69) is 39.4 Å². The molecule has 1 N–H and O–H groups in total. The van der Waals surface area contributed by atoms with E-state index in [0.29, 0.717) is 18.3 Å². The molecule has 0 aliphatic carbocycles. The van der Waals surface area contributed by atoms with Gasteiger partial charge in [-0.2, -0.15) is 0 Å². The summed E-state index contributed by atoms with van der Waals surface area (Å²) < 4.78 is 1.71. The average Bonchev–Trinajstić information content (AvgIpc) is 3.13. The Balaban J connectivity index is 1.44. The SMILES string of the molecule is Cc1c(C(=O)NC[C@H](C)N2CCC(C)CC2)nnn1-c1ccc2ncccc2c1. The van der Waals surface area contributed by atoms with Gasteiger partial charge in [0, 0.05) is 24.2 Å². The smallest absolute Gasteiger partial charge is 0.273 e. The molecule has 0 bridgehead atoms. The van der Waals surface area contributed by atoms with E-state index in [-0.39, 0.29) is 5.91 Å². The third-order valence-corrected chi connectivity index (χ3v) is 5.94. The fourth-order valence-electron chi connectivity index (χ4n) is 3.90. The van der Waals surface area contributed by atoms with Crippen LogP contribution in [-0.2, 0) is 0 Å². The highest BCUT2D eigenvalue weighted by molar-refractivity contribution is 5.93. The van der Waals surface area contributed by atoms with E-state index in [1.807, 2.05) is 37.3 Å². The molecule has 1 aliphatic heterocycles. The molecule has 3 aromatic rings. The van der Waals surface area contributed by atoms with Crippen LogP contribution in [-0.4, -0.2) is 56.5 Å². The number of piperidine rings is 1. The van der Waals surface area contributed by atoms with Crippen molar-refractivity contribution in [1.82, 2.24) is 30.2 Å². The van der Waals surface area contributed by atoms with Crippen LogP contribution in [0.5, 0.6) is 0 Å². The van der Waals surface area contributed by atoms with E-state index < -0.39 is 0 Å². The van der Waals surface area contributed by atoms with Gasteiger partial charge >= 0.3 is 0 Å². The molecule has 7 heteroatoms. The van der Waals surface area contributed by atoms with E-state index in [1.54, 1.807) is 10.9 Å². The Morgan fingerprint density at radius 2 is 2.07 bits per heavy atom. The minimum Gasteiger partial charge on any atom is -0.349 e. The molecule has 1 saturated heterocycles. The third kappa shape index (κ3) is 4.15. The number of nitrogens with one attached hydrogen (secondary N) is 1. The molecule has 4 rings (SSSR count). The highest BCUT2D eigenvalue weighted by atomic mass is 16.2. The Labute approximate surface area is 171 Å². The molecule has 0 saturated carbocycles. The summed E-state index contributed by atoms with van der Waals surface area (Å²) in [5, 5.41) is 12.4. The fourth-order valence-corrected chi connectivity index (χ4v) is 3.90. The lowest BCUT2D eigenvalue weighted by molar-refractivity contribution is 0.0916. The zero-order valence-electron chi connectivity index (χ0n) is 17.3. The summed E-state index contributed by atoms with van der Waals surface area (Å²) in [5.41, 5.74) is 2.89. The van der Waals surface area contributed by atoms with Crippen molar-refractivity contribution >= 4 is 16.8 Å².